The molecule has 140 valence electrons. The van der Waals surface area contributed by atoms with E-state index in [1.165, 1.54) is 0 Å². The first kappa shape index (κ1) is 19.5. The molecular formula is C20H18ClNO4S. The number of aliphatic hydroxyl groups is 1. The van der Waals surface area contributed by atoms with Gasteiger partial charge in [0.1, 0.15) is 5.75 Å². The number of hydrogen-bond acceptors (Lipinski definition) is 5. The molecule has 27 heavy (non-hydrogen) atoms. The highest BCUT2D eigenvalue weighted by Crippen LogP contribution is 2.41. The summed E-state index contributed by atoms with van der Waals surface area (Å²) in [7, 11) is 0. The first-order chi connectivity index (χ1) is 13.1. The number of rotatable bonds is 7. The number of aliphatic hydroxyl groups excluding tert-OH is 1. The predicted molar refractivity (Wildman–Crippen MR) is 108 cm³/mol. The van der Waals surface area contributed by atoms with E-state index in [-0.39, 0.29) is 6.61 Å². The molecule has 2 aromatic rings. The van der Waals surface area contributed by atoms with Gasteiger partial charge in [-0.25, -0.2) is 4.90 Å². The molecule has 1 aliphatic heterocycles. The molecule has 0 saturated carbocycles. The lowest BCUT2D eigenvalue weighted by molar-refractivity contribution is -0.119. The van der Waals surface area contributed by atoms with Gasteiger partial charge in [0.05, 0.1) is 29.4 Å². The number of anilines is 1. The monoisotopic (exact) mass is 403 g/mol. The van der Waals surface area contributed by atoms with E-state index in [0.29, 0.717) is 44.9 Å². The van der Waals surface area contributed by atoms with Crippen LogP contribution >= 0.6 is 23.4 Å². The van der Waals surface area contributed by atoms with Crippen molar-refractivity contribution in [1.82, 2.24) is 0 Å². The lowest BCUT2D eigenvalue weighted by atomic mass is 10.1. The van der Waals surface area contributed by atoms with E-state index in [1.54, 1.807) is 48.5 Å². The minimum atomic E-state index is -0.421. The highest BCUT2D eigenvalue weighted by atomic mass is 35.5. The van der Waals surface area contributed by atoms with Gasteiger partial charge in [-0.15, -0.1) is 11.8 Å². The summed E-state index contributed by atoms with van der Waals surface area (Å²) in [4.78, 5) is 27.7. The van der Waals surface area contributed by atoms with Crippen molar-refractivity contribution in [3.63, 3.8) is 0 Å². The van der Waals surface area contributed by atoms with E-state index in [2.05, 4.69) is 0 Å². The van der Waals surface area contributed by atoms with E-state index in [4.69, 9.17) is 16.3 Å². The van der Waals surface area contributed by atoms with E-state index >= 15 is 0 Å². The van der Waals surface area contributed by atoms with Crippen molar-refractivity contribution in [1.29, 1.82) is 0 Å². The fourth-order valence-corrected chi connectivity index (χ4v) is 3.79. The van der Waals surface area contributed by atoms with Crippen LogP contribution in [0.25, 0.3) is 5.57 Å². The summed E-state index contributed by atoms with van der Waals surface area (Å²) >= 11 is 7.11. The van der Waals surface area contributed by atoms with Crippen molar-refractivity contribution in [2.24, 2.45) is 0 Å². The minimum Gasteiger partial charge on any atom is -0.492 e. The molecule has 2 aromatic carbocycles. The molecule has 0 radical (unpaired) electrons. The van der Waals surface area contributed by atoms with E-state index < -0.39 is 11.8 Å². The average Bonchev–Trinajstić information content (AvgIpc) is 2.91. The van der Waals surface area contributed by atoms with Crippen LogP contribution in [0.3, 0.4) is 0 Å². The van der Waals surface area contributed by atoms with Crippen LogP contribution in [0.5, 0.6) is 5.75 Å². The molecular weight excluding hydrogens is 386 g/mol. The zero-order valence-corrected chi connectivity index (χ0v) is 16.2. The van der Waals surface area contributed by atoms with Crippen molar-refractivity contribution in [3.05, 3.63) is 64.0 Å². The number of thioether (sulfide) groups is 1. The summed E-state index contributed by atoms with van der Waals surface area (Å²) in [6, 6.07) is 13.7. The summed E-state index contributed by atoms with van der Waals surface area (Å²) < 4.78 is 5.59. The maximum absolute atomic E-state index is 13.2. The van der Waals surface area contributed by atoms with Crippen LogP contribution in [-0.4, -0.2) is 35.9 Å². The van der Waals surface area contributed by atoms with Gasteiger partial charge in [0.25, 0.3) is 11.8 Å². The molecule has 0 spiro atoms. The van der Waals surface area contributed by atoms with Gasteiger partial charge in [-0.3, -0.25) is 9.59 Å². The molecule has 0 saturated heterocycles. The summed E-state index contributed by atoms with van der Waals surface area (Å²) in [5.74, 6) is -0.0668. The fourth-order valence-electron chi connectivity index (χ4n) is 2.80. The second-order valence-corrected chi connectivity index (χ2v) is 7.17. The van der Waals surface area contributed by atoms with Gasteiger partial charge in [-0.2, -0.15) is 0 Å². The number of benzene rings is 2. The Morgan fingerprint density at radius 2 is 1.78 bits per heavy atom. The van der Waals surface area contributed by atoms with Crippen LogP contribution in [0.1, 0.15) is 12.5 Å². The first-order valence-corrected chi connectivity index (χ1v) is 9.79. The lowest BCUT2D eigenvalue weighted by Crippen LogP contribution is -2.31. The molecule has 0 atom stereocenters. The molecule has 1 heterocycles. The number of carbonyl (C=O) groups is 2. The van der Waals surface area contributed by atoms with Crippen LogP contribution in [-0.2, 0) is 9.59 Å². The minimum absolute atomic E-state index is 0.0981. The number of ether oxygens (including phenoxy) is 1. The molecule has 2 amide bonds. The second kappa shape index (κ2) is 8.61. The Morgan fingerprint density at radius 3 is 2.44 bits per heavy atom. The zero-order chi connectivity index (χ0) is 19.4. The third-order valence-electron chi connectivity index (χ3n) is 3.92. The Balaban J connectivity index is 2.08. The number of amides is 2. The van der Waals surface area contributed by atoms with Gasteiger partial charge in [0.2, 0.25) is 0 Å². The van der Waals surface area contributed by atoms with Crippen molar-refractivity contribution in [2.75, 3.05) is 23.9 Å². The fraction of sp³-hybridized carbons (Fsp3) is 0.200. The third-order valence-corrected chi connectivity index (χ3v) is 5.22. The average molecular weight is 404 g/mol. The maximum atomic E-state index is 13.2. The molecule has 1 N–H and O–H groups in total. The van der Waals surface area contributed by atoms with Gasteiger partial charge in [-0.1, -0.05) is 35.9 Å². The zero-order valence-electron chi connectivity index (χ0n) is 14.6. The lowest BCUT2D eigenvalue weighted by Gasteiger charge is -2.18. The predicted octanol–water partition coefficient (Wildman–Crippen LogP) is 3.75. The molecule has 7 heteroatoms. The van der Waals surface area contributed by atoms with Gasteiger partial charge in [0, 0.05) is 10.8 Å². The summed E-state index contributed by atoms with van der Waals surface area (Å²) in [5, 5.41) is 9.72. The topological polar surface area (TPSA) is 66.8 Å². The summed E-state index contributed by atoms with van der Waals surface area (Å²) in [6.07, 6.45) is 0. The second-order valence-electron chi connectivity index (χ2n) is 5.63. The number of imide groups is 1. The maximum Gasteiger partial charge on any atom is 0.272 e. The first-order valence-electron chi connectivity index (χ1n) is 8.43. The van der Waals surface area contributed by atoms with Crippen LogP contribution in [0.2, 0.25) is 5.02 Å². The van der Waals surface area contributed by atoms with Gasteiger partial charge in [-0.05, 0) is 36.8 Å². The van der Waals surface area contributed by atoms with Crippen LogP contribution in [0.4, 0.5) is 5.69 Å². The van der Waals surface area contributed by atoms with Crippen LogP contribution in [0.15, 0.2) is 53.4 Å². The van der Waals surface area contributed by atoms with Gasteiger partial charge < -0.3 is 9.84 Å². The van der Waals surface area contributed by atoms with Crippen molar-refractivity contribution in [3.8, 4) is 5.75 Å². The number of para-hydroxylation sites is 2. The summed E-state index contributed by atoms with van der Waals surface area (Å²) in [5.41, 5.74) is 1.32. The van der Waals surface area contributed by atoms with E-state index in [0.717, 1.165) is 16.7 Å². The molecule has 0 bridgehead atoms. The van der Waals surface area contributed by atoms with Crippen LogP contribution in [0, 0.1) is 0 Å². The molecule has 3 rings (SSSR count). The quantitative estimate of drug-likeness (QED) is 0.713. The standard InChI is InChI=1S/C20H18ClNO4S/c1-2-26-16-6-4-3-5-15(16)22-19(24)17(13-7-9-14(21)10-8-13)18(20(22)25)27-12-11-23/h3-10,23H,2,11-12H2,1H3. The summed E-state index contributed by atoms with van der Waals surface area (Å²) in [6.45, 7) is 2.15. The third kappa shape index (κ3) is 3.88. The SMILES string of the molecule is CCOc1ccccc1N1C(=O)C(SCCO)=C(c2ccc(Cl)cc2)C1=O. The number of carbonyl (C=O) groups excluding carboxylic acids is 2. The Bertz CT molecular complexity index is 895. The molecule has 1 aliphatic rings. The van der Waals surface area contributed by atoms with E-state index in [9.17, 15) is 14.7 Å². The molecule has 5 nitrogen and oxygen atoms in total. The normalized spacial score (nSPS) is 14.3. The molecule has 0 unspecified atom stereocenters. The highest BCUT2D eigenvalue weighted by Gasteiger charge is 2.41. The molecule has 0 fully saturated rings. The number of hydrogen-bond donors (Lipinski definition) is 1. The Kier molecular flexibility index (Phi) is 6.21. The van der Waals surface area contributed by atoms with Gasteiger partial charge >= 0.3 is 0 Å². The number of halogens is 1. The molecule has 0 aromatic heterocycles. The highest BCUT2D eigenvalue weighted by molar-refractivity contribution is 8.04. The number of nitrogens with zero attached hydrogens (tertiary/aromatic N) is 1. The smallest absolute Gasteiger partial charge is 0.272 e. The van der Waals surface area contributed by atoms with E-state index in [1.807, 2.05) is 6.92 Å². The Hall–Kier alpha value is -2.28. The van der Waals surface area contributed by atoms with Gasteiger partial charge in [0.15, 0.2) is 0 Å². The van der Waals surface area contributed by atoms with Crippen molar-refractivity contribution >= 4 is 46.4 Å². The Labute approximate surface area is 166 Å². The molecule has 0 aliphatic carbocycles. The van der Waals surface area contributed by atoms with Crippen LogP contribution < -0.4 is 9.64 Å². The largest absolute Gasteiger partial charge is 0.492 e. The van der Waals surface area contributed by atoms with Crippen molar-refractivity contribution < 1.29 is 19.4 Å². The Morgan fingerprint density at radius 1 is 1.07 bits per heavy atom. The van der Waals surface area contributed by atoms with Crippen molar-refractivity contribution in [2.45, 2.75) is 6.92 Å².